The number of halogens is 1. The van der Waals surface area contributed by atoms with E-state index < -0.39 is 6.10 Å². The Morgan fingerprint density at radius 1 is 1.50 bits per heavy atom. The summed E-state index contributed by atoms with van der Waals surface area (Å²) in [5.74, 6) is 0.305. The molecule has 0 amide bonds. The molecule has 0 radical (unpaired) electrons. The zero-order chi connectivity index (χ0) is 13.5. The molecule has 0 aliphatic carbocycles. The summed E-state index contributed by atoms with van der Waals surface area (Å²) in [7, 11) is 1.88. The van der Waals surface area contributed by atoms with E-state index in [1.165, 1.54) is 0 Å². The van der Waals surface area contributed by atoms with Crippen LogP contribution in [-0.2, 0) is 16.1 Å². The molecule has 0 bridgehead atoms. The Hall–Kier alpha value is -1.07. The molecule has 1 aromatic rings. The van der Waals surface area contributed by atoms with Gasteiger partial charge in [-0.3, -0.25) is 0 Å². The third kappa shape index (κ3) is 4.31. The maximum atomic E-state index is 11.5. The maximum Gasteiger partial charge on any atom is 0.347 e. The highest BCUT2D eigenvalue weighted by atomic mass is 79.9. The Labute approximate surface area is 116 Å². The molecule has 1 atom stereocenters. The van der Waals surface area contributed by atoms with Gasteiger partial charge in [0.15, 0.2) is 6.10 Å². The third-order valence-corrected chi connectivity index (χ3v) is 3.09. The minimum atomic E-state index is -0.603. The van der Waals surface area contributed by atoms with Gasteiger partial charge in [0.05, 0.1) is 6.61 Å². The summed E-state index contributed by atoms with van der Waals surface area (Å²) in [6.07, 6.45) is -0.603. The number of carbonyl (C=O) groups excluding carboxylic acids is 1. The lowest BCUT2D eigenvalue weighted by Gasteiger charge is -2.14. The van der Waals surface area contributed by atoms with Crippen LogP contribution >= 0.6 is 15.9 Å². The number of hydrogen-bond acceptors (Lipinski definition) is 4. The summed E-state index contributed by atoms with van der Waals surface area (Å²) in [5, 5.41) is 3.07. The summed E-state index contributed by atoms with van der Waals surface area (Å²) >= 11 is 3.46. The van der Waals surface area contributed by atoms with Crippen LogP contribution in [0, 0.1) is 0 Å². The number of benzene rings is 1. The first-order valence-corrected chi connectivity index (χ1v) is 6.64. The van der Waals surface area contributed by atoms with Crippen LogP contribution in [-0.4, -0.2) is 25.7 Å². The van der Waals surface area contributed by atoms with E-state index in [1.54, 1.807) is 13.8 Å². The minimum absolute atomic E-state index is 0.351. The van der Waals surface area contributed by atoms with Gasteiger partial charge in [-0.25, -0.2) is 4.79 Å². The predicted octanol–water partition coefficient (Wildman–Crippen LogP) is 2.50. The lowest BCUT2D eigenvalue weighted by molar-refractivity contribution is -0.150. The zero-order valence-corrected chi connectivity index (χ0v) is 12.4. The number of ether oxygens (including phenoxy) is 2. The summed E-state index contributed by atoms with van der Waals surface area (Å²) in [5.41, 5.74) is 1.08. The molecule has 1 rings (SSSR count). The minimum Gasteiger partial charge on any atom is -0.479 e. The zero-order valence-electron chi connectivity index (χ0n) is 10.8. The number of nitrogens with one attached hydrogen (secondary N) is 1. The van der Waals surface area contributed by atoms with Gasteiger partial charge in [-0.15, -0.1) is 0 Å². The summed E-state index contributed by atoms with van der Waals surface area (Å²) < 4.78 is 11.4. The van der Waals surface area contributed by atoms with Crippen LogP contribution in [0.1, 0.15) is 19.4 Å². The SMILES string of the molecule is CCOC(=O)C(C)Oc1ccc(Br)c(CNC)c1. The lowest BCUT2D eigenvalue weighted by atomic mass is 10.2. The number of rotatable bonds is 6. The monoisotopic (exact) mass is 315 g/mol. The quantitative estimate of drug-likeness (QED) is 0.819. The third-order valence-electron chi connectivity index (χ3n) is 2.32. The number of carbonyl (C=O) groups is 1. The van der Waals surface area contributed by atoms with Crippen molar-refractivity contribution in [1.29, 1.82) is 0 Å². The van der Waals surface area contributed by atoms with Crippen molar-refractivity contribution in [3.05, 3.63) is 28.2 Å². The molecule has 4 nitrogen and oxygen atoms in total. The van der Waals surface area contributed by atoms with Gasteiger partial charge >= 0.3 is 5.97 Å². The molecule has 0 saturated heterocycles. The molecule has 1 unspecified atom stereocenters. The van der Waals surface area contributed by atoms with E-state index in [0.717, 1.165) is 16.6 Å². The first-order chi connectivity index (χ1) is 8.58. The molecule has 1 N–H and O–H groups in total. The molecule has 18 heavy (non-hydrogen) atoms. The van der Waals surface area contributed by atoms with E-state index in [9.17, 15) is 4.79 Å². The molecule has 1 aromatic carbocycles. The maximum absolute atomic E-state index is 11.5. The van der Waals surface area contributed by atoms with Crippen molar-refractivity contribution in [3.63, 3.8) is 0 Å². The summed E-state index contributed by atoms with van der Waals surface area (Å²) in [6.45, 7) is 4.54. The summed E-state index contributed by atoms with van der Waals surface area (Å²) in [6, 6.07) is 5.62. The summed E-state index contributed by atoms with van der Waals surface area (Å²) in [4.78, 5) is 11.5. The van der Waals surface area contributed by atoms with Crippen LogP contribution in [0.3, 0.4) is 0 Å². The Balaban J connectivity index is 2.72. The molecule has 100 valence electrons. The fourth-order valence-electron chi connectivity index (χ4n) is 1.46. The molecule has 0 spiro atoms. The Bertz CT molecular complexity index is 409. The number of hydrogen-bond donors (Lipinski definition) is 1. The van der Waals surface area contributed by atoms with Crippen LogP contribution in [0.25, 0.3) is 0 Å². The van der Waals surface area contributed by atoms with Gasteiger partial charge in [0.2, 0.25) is 0 Å². The molecule has 0 saturated carbocycles. The molecular formula is C13H18BrNO3. The van der Waals surface area contributed by atoms with Crippen molar-refractivity contribution >= 4 is 21.9 Å². The van der Waals surface area contributed by atoms with Crippen molar-refractivity contribution in [1.82, 2.24) is 5.32 Å². The second-order valence-electron chi connectivity index (χ2n) is 3.80. The van der Waals surface area contributed by atoms with Crippen molar-refractivity contribution in [2.24, 2.45) is 0 Å². The van der Waals surface area contributed by atoms with Crippen LogP contribution in [0.4, 0.5) is 0 Å². The second-order valence-corrected chi connectivity index (χ2v) is 4.65. The van der Waals surface area contributed by atoms with Gasteiger partial charge in [-0.2, -0.15) is 0 Å². The van der Waals surface area contributed by atoms with Crippen molar-refractivity contribution in [2.75, 3.05) is 13.7 Å². The van der Waals surface area contributed by atoms with Gasteiger partial charge in [-0.1, -0.05) is 15.9 Å². The second kappa shape index (κ2) is 7.38. The fourth-order valence-corrected chi connectivity index (χ4v) is 1.85. The van der Waals surface area contributed by atoms with Gasteiger partial charge in [-0.05, 0) is 44.7 Å². The van der Waals surface area contributed by atoms with Gasteiger partial charge < -0.3 is 14.8 Å². The van der Waals surface area contributed by atoms with E-state index in [-0.39, 0.29) is 5.97 Å². The van der Waals surface area contributed by atoms with E-state index in [2.05, 4.69) is 21.2 Å². The van der Waals surface area contributed by atoms with Crippen molar-refractivity contribution in [2.45, 2.75) is 26.5 Å². The first-order valence-electron chi connectivity index (χ1n) is 5.84. The average Bonchev–Trinajstić information content (AvgIpc) is 2.34. The molecule has 0 aliphatic heterocycles. The first kappa shape index (κ1) is 15.0. The highest BCUT2D eigenvalue weighted by Crippen LogP contribution is 2.23. The Morgan fingerprint density at radius 2 is 2.22 bits per heavy atom. The molecule has 0 aliphatic rings. The topological polar surface area (TPSA) is 47.6 Å². The van der Waals surface area contributed by atoms with E-state index in [4.69, 9.17) is 9.47 Å². The predicted molar refractivity (Wildman–Crippen MR) is 73.6 cm³/mol. The Kier molecular flexibility index (Phi) is 6.15. The largest absolute Gasteiger partial charge is 0.479 e. The van der Waals surface area contributed by atoms with Crippen LogP contribution < -0.4 is 10.1 Å². The highest BCUT2D eigenvalue weighted by Gasteiger charge is 2.16. The van der Waals surface area contributed by atoms with Gasteiger partial charge in [0.1, 0.15) is 5.75 Å². The number of esters is 1. The van der Waals surface area contributed by atoms with Gasteiger partial charge in [0.25, 0.3) is 0 Å². The molecule has 0 aromatic heterocycles. The fraction of sp³-hybridized carbons (Fsp3) is 0.462. The molecule has 0 heterocycles. The van der Waals surface area contributed by atoms with Crippen LogP contribution in [0.15, 0.2) is 22.7 Å². The van der Waals surface area contributed by atoms with Crippen molar-refractivity contribution in [3.8, 4) is 5.75 Å². The van der Waals surface area contributed by atoms with E-state index in [1.807, 2.05) is 25.2 Å². The Morgan fingerprint density at radius 3 is 2.83 bits per heavy atom. The lowest BCUT2D eigenvalue weighted by Crippen LogP contribution is -2.26. The van der Waals surface area contributed by atoms with Crippen LogP contribution in [0.5, 0.6) is 5.75 Å². The molecule has 0 fully saturated rings. The van der Waals surface area contributed by atoms with Crippen LogP contribution in [0.2, 0.25) is 0 Å². The normalized spacial score (nSPS) is 12.0. The van der Waals surface area contributed by atoms with E-state index in [0.29, 0.717) is 12.4 Å². The molecule has 5 heteroatoms. The van der Waals surface area contributed by atoms with E-state index >= 15 is 0 Å². The van der Waals surface area contributed by atoms with Gasteiger partial charge in [0, 0.05) is 11.0 Å². The average molecular weight is 316 g/mol. The molecular weight excluding hydrogens is 298 g/mol. The smallest absolute Gasteiger partial charge is 0.347 e. The standard InChI is InChI=1S/C13H18BrNO3/c1-4-17-13(16)9(2)18-11-5-6-12(14)10(7-11)8-15-3/h5-7,9,15H,4,8H2,1-3H3. The van der Waals surface area contributed by atoms with Crippen molar-refractivity contribution < 1.29 is 14.3 Å². The highest BCUT2D eigenvalue weighted by molar-refractivity contribution is 9.10.